The van der Waals surface area contributed by atoms with E-state index in [2.05, 4.69) is 58.5 Å². The normalized spacial score (nSPS) is 32.7. The van der Waals surface area contributed by atoms with Crippen LogP contribution in [0.25, 0.3) is 0 Å². The molecule has 8 aliphatic rings. The smallest absolute Gasteiger partial charge is 0.270 e. The zero-order valence-corrected chi connectivity index (χ0v) is 42.2. The van der Waals surface area contributed by atoms with E-state index in [4.69, 9.17) is 0 Å². The first-order valence-electron chi connectivity index (χ1n) is 18.2. The maximum atomic E-state index is 10.8. The van der Waals surface area contributed by atoms with Gasteiger partial charge < -0.3 is 0 Å². The molecule has 0 bridgehead atoms. The molecule has 0 spiro atoms. The average Bonchev–Trinajstić information content (AvgIpc) is 4.00. The molecule has 8 heterocycles. The Morgan fingerprint density at radius 2 is 0.938 bits per heavy atom. The van der Waals surface area contributed by atoms with E-state index in [0.717, 1.165) is 19.3 Å². The second kappa shape index (κ2) is 26.6. The Morgan fingerprint density at radius 3 is 1.09 bits per heavy atom. The van der Waals surface area contributed by atoms with E-state index in [1.165, 1.54) is 11.5 Å². The van der Waals surface area contributed by atoms with Gasteiger partial charge in [0, 0.05) is 5.41 Å². The number of hydrogen-bond donors (Lipinski definition) is 0. The van der Waals surface area contributed by atoms with E-state index in [9.17, 15) is 71.6 Å². The van der Waals surface area contributed by atoms with Gasteiger partial charge in [-0.2, -0.15) is 50.5 Å². The molecule has 0 radical (unpaired) electrons. The average molecular weight is 1130 g/mol. The molecule has 0 aromatic heterocycles. The molecule has 386 valence electrons. The van der Waals surface area contributed by atoms with Gasteiger partial charge in [-0.1, -0.05) is 18.6 Å². The molecular formula is C28H52O28S9. The lowest BCUT2D eigenvalue weighted by molar-refractivity contribution is 0.133. The van der Waals surface area contributed by atoms with E-state index >= 15 is 0 Å². The summed E-state index contributed by atoms with van der Waals surface area (Å²) in [6.07, 6.45) is 5.80. The van der Waals surface area contributed by atoms with Crippen molar-refractivity contribution in [1.29, 1.82) is 0 Å². The minimum Gasteiger partial charge on any atom is -0.270 e. The Balaban J connectivity index is 0.000000372. The zero-order chi connectivity index (χ0) is 50.0. The van der Waals surface area contributed by atoms with Crippen molar-refractivity contribution in [3.8, 4) is 0 Å². The topological polar surface area (TPSA) is 392 Å². The van der Waals surface area contributed by atoms with Crippen molar-refractivity contribution in [3.63, 3.8) is 0 Å². The number of sulfone groups is 2. The van der Waals surface area contributed by atoms with Crippen LogP contribution in [0.3, 0.4) is 0 Å². The maximum absolute atomic E-state index is 10.8. The van der Waals surface area contributed by atoms with Gasteiger partial charge in [0.2, 0.25) is 0 Å². The summed E-state index contributed by atoms with van der Waals surface area (Å²) in [5.41, 5.74) is 0. The van der Waals surface area contributed by atoms with Gasteiger partial charge in [0.25, 0.3) is 20.2 Å². The Morgan fingerprint density at radius 1 is 0.492 bits per heavy atom. The fourth-order valence-electron chi connectivity index (χ4n) is 4.16. The third-order valence-electron chi connectivity index (χ3n) is 6.97. The molecule has 7 saturated heterocycles. The molecule has 0 aliphatic carbocycles. The predicted octanol–water partition coefficient (Wildman–Crippen LogP) is -1.62. The van der Waals surface area contributed by atoms with Crippen LogP contribution in [0.5, 0.6) is 0 Å². The quantitative estimate of drug-likeness (QED) is 0.162. The molecule has 8 rings (SSSR count). The third-order valence-corrected chi connectivity index (χ3v) is 19.0. The van der Waals surface area contributed by atoms with Gasteiger partial charge in [-0.05, 0) is 52.3 Å². The van der Waals surface area contributed by atoms with Crippen LogP contribution in [0.1, 0.15) is 52.9 Å². The van der Waals surface area contributed by atoms with Crippen LogP contribution < -0.4 is 0 Å². The van der Waals surface area contributed by atoms with Crippen LogP contribution in [0.15, 0.2) is 24.1 Å². The van der Waals surface area contributed by atoms with Crippen LogP contribution in [-0.4, -0.2) is 170 Å². The standard InChI is InChI=1S/C5H10O2S.C4H6O4S.C4H6O2S.C3H6O5S2.3C3H6O4S.C3H6O3S/c6-8(7)4-2-1-3-5-8;1-2-4-3-7-9(5,6)8-4;5-7(6)3-1-2-4-7;1-9(4)3-10(5,6)8-2-7-9;3*1-3-2-6-8(4,5)7-3;4-7(5)3-1-2-6-7/h1-5H2;2,4H,1,3H2;1,3H,2,4H2;1-3H2;3*3H,2H2,1H3;1-3H2. The molecule has 0 saturated carbocycles. The first-order chi connectivity index (χ1) is 29.5. The molecule has 0 amide bonds. The van der Waals surface area contributed by atoms with E-state index in [1.807, 2.05) is 0 Å². The summed E-state index contributed by atoms with van der Waals surface area (Å²) < 4.78 is 223. The highest BCUT2D eigenvalue weighted by Crippen LogP contribution is 2.14. The lowest BCUT2D eigenvalue weighted by Gasteiger charge is -2.15. The second-order valence-electron chi connectivity index (χ2n) is 13.3. The molecule has 28 nitrogen and oxygen atoms in total. The summed E-state index contributed by atoms with van der Waals surface area (Å²) >= 11 is 0. The van der Waals surface area contributed by atoms with Crippen molar-refractivity contribution in [1.82, 2.24) is 0 Å². The lowest BCUT2D eigenvalue weighted by atomic mass is 10.3. The van der Waals surface area contributed by atoms with E-state index in [-0.39, 0.29) is 50.5 Å². The summed E-state index contributed by atoms with van der Waals surface area (Å²) in [4.78, 5) is 0. The maximum Gasteiger partial charge on any atom is 0.400 e. The van der Waals surface area contributed by atoms with Crippen LogP contribution in [0.4, 0.5) is 0 Å². The predicted molar refractivity (Wildman–Crippen MR) is 227 cm³/mol. The zero-order valence-electron chi connectivity index (χ0n) is 34.9. The molecule has 65 heavy (non-hydrogen) atoms. The highest BCUT2D eigenvalue weighted by Gasteiger charge is 2.29. The highest BCUT2D eigenvalue weighted by atomic mass is 32.3. The van der Waals surface area contributed by atoms with Gasteiger partial charge in [-0.15, -0.1) is 6.58 Å². The monoisotopic (exact) mass is 1120 g/mol. The molecule has 5 unspecified atom stereocenters. The van der Waals surface area contributed by atoms with E-state index in [1.54, 1.807) is 26.8 Å². The van der Waals surface area contributed by atoms with Crippen molar-refractivity contribution in [2.75, 3.05) is 67.9 Å². The van der Waals surface area contributed by atoms with Crippen molar-refractivity contribution in [2.24, 2.45) is 0 Å². The SMILES string of the molecule is C=CC1COS(=O)(=O)O1.C=S1(=O)CS(=O)(=O)OCO1.CC1COS(=O)(=O)O1.CC1COS(=O)(=O)O1.CC1COS(=O)(=O)O1.O=S1(=O)C=CCC1.O=S1(=O)CCCCC1.O=S1(=O)CCCO1. The Labute approximate surface area is 381 Å². The summed E-state index contributed by atoms with van der Waals surface area (Å²) in [5.74, 6) is 4.43. The van der Waals surface area contributed by atoms with Crippen LogP contribution in [0, 0.1) is 0 Å². The largest absolute Gasteiger partial charge is 0.400 e. The Bertz CT molecular complexity index is 2390. The molecule has 5 atom stereocenters. The van der Waals surface area contributed by atoms with Gasteiger partial charge >= 0.3 is 41.6 Å². The van der Waals surface area contributed by atoms with E-state index in [0.29, 0.717) is 36.7 Å². The molecular weight excluding hydrogens is 1070 g/mol. The van der Waals surface area contributed by atoms with Crippen molar-refractivity contribution in [2.45, 2.75) is 77.3 Å². The second-order valence-corrected chi connectivity index (χ2v) is 28.4. The summed E-state index contributed by atoms with van der Waals surface area (Å²) in [7, 11) is -29.4. The van der Waals surface area contributed by atoms with Crippen molar-refractivity contribution < 1.29 is 118 Å². The van der Waals surface area contributed by atoms with Gasteiger partial charge in [0.05, 0.1) is 65.8 Å². The fraction of sp³-hybridized carbons (Fsp3) is 0.821. The van der Waals surface area contributed by atoms with Gasteiger partial charge in [-0.25, -0.2) is 58.7 Å². The highest BCUT2D eigenvalue weighted by molar-refractivity contribution is 8.08. The van der Waals surface area contributed by atoms with Gasteiger partial charge in [-0.3, -0.25) is 8.37 Å². The van der Waals surface area contributed by atoms with E-state index < -0.39 is 109 Å². The van der Waals surface area contributed by atoms with Gasteiger partial charge in [0.15, 0.2) is 21.7 Å². The molecule has 7 fully saturated rings. The van der Waals surface area contributed by atoms with Crippen LogP contribution in [0.2, 0.25) is 0 Å². The fourth-order valence-corrected chi connectivity index (χ4v) is 13.8. The summed E-state index contributed by atoms with van der Waals surface area (Å²) in [5, 5.41) is 0.618. The third kappa shape index (κ3) is 30.7. The molecule has 0 aromatic rings. The summed E-state index contributed by atoms with van der Waals surface area (Å²) in [6, 6.07) is 0. The molecule has 8 aliphatic heterocycles. The lowest BCUT2D eigenvalue weighted by Crippen LogP contribution is -2.28. The molecule has 37 heteroatoms. The number of rotatable bonds is 1. The van der Waals surface area contributed by atoms with Crippen molar-refractivity contribution >= 4 is 97.2 Å². The Kier molecular flexibility index (Phi) is 25.2. The Hall–Kier alpha value is -1.34. The minimum atomic E-state index is -3.68. The molecule has 0 N–H and O–H groups in total. The molecule has 0 aromatic carbocycles. The van der Waals surface area contributed by atoms with Crippen LogP contribution >= 0.6 is 0 Å². The van der Waals surface area contributed by atoms with Crippen LogP contribution in [-0.2, 0) is 137 Å². The summed E-state index contributed by atoms with van der Waals surface area (Å²) in [6.45, 7) is 8.58. The first kappa shape index (κ1) is 61.7. The van der Waals surface area contributed by atoms with Gasteiger partial charge in [0.1, 0.15) is 34.3 Å². The first-order valence-corrected chi connectivity index (χ1v) is 32.1. The number of allylic oxidation sites excluding steroid dienone is 1. The van der Waals surface area contributed by atoms with Crippen molar-refractivity contribution in [3.05, 3.63) is 24.1 Å². The number of hydrogen-bond acceptors (Lipinski definition) is 28. The minimum absolute atomic E-state index is 0.0475.